The highest BCUT2D eigenvalue weighted by molar-refractivity contribution is 6.48. The van der Waals surface area contributed by atoms with Crippen LogP contribution in [0.3, 0.4) is 0 Å². The lowest BCUT2D eigenvalue weighted by molar-refractivity contribution is 0.00578. The van der Waals surface area contributed by atoms with Crippen LogP contribution < -0.4 is 0 Å². The molecular weight excluding hydrogens is 429 g/mol. The lowest BCUT2D eigenvalue weighted by atomic mass is 9.59. The lowest BCUT2D eigenvalue weighted by Crippen LogP contribution is -2.46. The van der Waals surface area contributed by atoms with Crippen molar-refractivity contribution in [3.63, 3.8) is 0 Å². The average molecular weight is 465 g/mol. The van der Waals surface area contributed by atoms with Crippen LogP contribution in [0.4, 0.5) is 0 Å². The molecule has 0 N–H and O–H groups in total. The number of nitrogens with zero attached hydrogens (tertiary/aromatic N) is 1. The van der Waals surface area contributed by atoms with Crippen molar-refractivity contribution in [1.29, 1.82) is 0 Å². The highest BCUT2D eigenvalue weighted by atomic mass is 16.7. The lowest BCUT2D eigenvalue weighted by Gasteiger charge is -2.41. The first kappa shape index (κ1) is 23.0. The third kappa shape index (κ3) is 3.96. The van der Waals surface area contributed by atoms with Gasteiger partial charge in [0, 0.05) is 30.9 Å². The molecule has 1 aliphatic heterocycles. The molecule has 2 fully saturated rings. The van der Waals surface area contributed by atoms with E-state index in [0.717, 1.165) is 13.1 Å². The van der Waals surface area contributed by atoms with Gasteiger partial charge in [-0.1, -0.05) is 84.9 Å². The third-order valence-electron chi connectivity index (χ3n) is 9.04. The minimum absolute atomic E-state index is 0.206. The number of fused-ring (bicyclic) bond motifs is 5. The topological polar surface area (TPSA) is 21.7 Å². The molecule has 4 heteroatoms. The number of hydrogen-bond donors (Lipinski definition) is 0. The van der Waals surface area contributed by atoms with Crippen molar-refractivity contribution in [1.82, 2.24) is 4.90 Å². The molecule has 2 aliphatic carbocycles. The first-order chi connectivity index (χ1) is 16.8. The van der Waals surface area contributed by atoms with E-state index in [9.17, 15) is 0 Å². The van der Waals surface area contributed by atoms with Crippen molar-refractivity contribution in [3.05, 3.63) is 107 Å². The summed E-state index contributed by atoms with van der Waals surface area (Å²) in [6.07, 6.45) is 1.18. The highest BCUT2D eigenvalue weighted by Gasteiger charge is 2.63. The van der Waals surface area contributed by atoms with E-state index in [1.165, 1.54) is 28.7 Å². The fourth-order valence-electron chi connectivity index (χ4n) is 6.70. The van der Waals surface area contributed by atoms with Gasteiger partial charge in [0.2, 0.25) is 0 Å². The summed E-state index contributed by atoms with van der Waals surface area (Å²) in [6.45, 7) is 10.5. The van der Waals surface area contributed by atoms with Gasteiger partial charge in [-0.3, -0.25) is 4.90 Å². The molecule has 1 heterocycles. The zero-order valence-corrected chi connectivity index (χ0v) is 21.4. The van der Waals surface area contributed by atoms with Crippen molar-refractivity contribution in [2.45, 2.75) is 82.1 Å². The maximum absolute atomic E-state index is 6.75. The van der Waals surface area contributed by atoms with E-state index in [4.69, 9.17) is 9.31 Å². The minimum Gasteiger partial charge on any atom is -0.403 e. The van der Waals surface area contributed by atoms with Gasteiger partial charge in [0.25, 0.3) is 0 Å². The molecule has 6 rings (SSSR count). The Kier molecular flexibility index (Phi) is 5.67. The van der Waals surface area contributed by atoms with Crippen LogP contribution in [0.15, 0.2) is 84.9 Å². The van der Waals surface area contributed by atoms with E-state index in [2.05, 4.69) is 118 Å². The molecule has 35 heavy (non-hydrogen) atoms. The average Bonchev–Trinajstić information content (AvgIpc) is 3.48. The Labute approximate surface area is 210 Å². The van der Waals surface area contributed by atoms with E-state index in [1.54, 1.807) is 0 Å². The standard InChI is InChI=1S/C31H36BNO2/c1-30(2)31(3,4)35-32(34-30)28-26-19-27(25-18-12-11-17-24(25)26)29(28)33(20-22-13-7-5-8-14-22)21-23-15-9-6-10-16-23/h5-18,26-29H,19-21H2,1-4H3. The number of benzene rings is 3. The molecular formula is C31H36BNO2. The van der Waals surface area contributed by atoms with Crippen molar-refractivity contribution < 1.29 is 9.31 Å². The van der Waals surface area contributed by atoms with Crippen molar-refractivity contribution in [3.8, 4) is 0 Å². The molecule has 3 aromatic carbocycles. The molecule has 0 spiro atoms. The zero-order chi connectivity index (χ0) is 24.2. The summed E-state index contributed by atoms with van der Waals surface area (Å²) in [5.41, 5.74) is 5.09. The molecule has 3 nitrogen and oxygen atoms in total. The fraction of sp³-hybridized carbons (Fsp3) is 0.419. The molecule has 2 bridgehead atoms. The summed E-state index contributed by atoms with van der Waals surface area (Å²) in [6, 6.07) is 31.3. The molecule has 3 aliphatic rings. The van der Waals surface area contributed by atoms with Crippen LogP contribution >= 0.6 is 0 Å². The van der Waals surface area contributed by atoms with Gasteiger partial charge >= 0.3 is 7.12 Å². The van der Waals surface area contributed by atoms with Crippen LogP contribution in [0.5, 0.6) is 0 Å². The molecule has 0 aromatic heterocycles. The smallest absolute Gasteiger partial charge is 0.403 e. The molecule has 3 aromatic rings. The Hall–Kier alpha value is -2.40. The second-order valence-electron chi connectivity index (χ2n) is 11.6. The first-order valence-electron chi connectivity index (χ1n) is 13.1. The van der Waals surface area contributed by atoms with Gasteiger partial charge in [0.15, 0.2) is 0 Å². The second-order valence-corrected chi connectivity index (χ2v) is 11.6. The quantitative estimate of drug-likeness (QED) is 0.374. The maximum Gasteiger partial charge on any atom is 0.463 e. The predicted molar refractivity (Wildman–Crippen MR) is 142 cm³/mol. The number of hydrogen-bond acceptors (Lipinski definition) is 3. The van der Waals surface area contributed by atoms with Gasteiger partial charge in [-0.05, 0) is 62.3 Å². The first-order valence-corrected chi connectivity index (χ1v) is 13.1. The molecule has 0 amide bonds. The van der Waals surface area contributed by atoms with E-state index in [1.807, 2.05) is 0 Å². The van der Waals surface area contributed by atoms with Gasteiger partial charge < -0.3 is 9.31 Å². The summed E-state index contributed by atoms with van der Waals surface area (Å²) in [4.78, 5) is 2.71. The van der Waals surface area contributed by atoms with E-state index in [0.29, 0.717) is 23.7 Å². The van der Waals surface area contributed by atoms with Gasteiger partial charge in [-0.25, -0.2) is 0 Å². The van der Waals surface area contributed by atoms with Gasteiger partial charge in [0.05, 0.1) is 11.2 Å². The summed E-state index contributed by atoms with van der Waals surface area (Å²) in [7, 11) is -0.206. The van der Waals surface area contributed by atoms with Crippen molar-refractivity contribution in [2.75, 3.05) is 0 Å². The molecule has 1 saturated heterocycles. The second kappa shape index (κ2) is 8.62. The molecule has 4 atom stereocenters. The zero-order valence-electron chi connectivity index (χ0n) is 21.4. The van der Waals surface area contributed by atoms with Crippen LogP contribution in [0.1, 0.15) is 68.2 Å². The fourth-order valence-corrected chi connectivity index (χ4v) is 6.70. The minimum atomic E-state index is -0.326. The SMILES string of the molecule is CC1(C)OB(C2C3CC(c4ccccc43)C2N(Cc2ccccc2)Cc2ccccc2)OC1(C)C. The van der Waals surface area contributed by atoms with Crippen LogP contribution in [-0.4, -0.2) is 29.3 Å². The summed E-state index contributed by atoms with van der Waals surface area (Å²) in [5, 5.41) is 0. The van der Waals surface area contributed by atoms with Crippen molar-refractivity contribution in [2.24, 2.45) is 0 Å². The van der Waals surface area contributed by atoms with E-state index >= 15 is 0 Å². The van der Waals surface area contributed by atoms with Gasteiger partial charge in [-0.15, -0.1) is 0 Å². The Balaban J connectivity index is 1.42. The largest absolute Gasteiger partial charge is 0.463 e. The Morgan fingerprint density at radius 3 is 1.66 bits per heavy atom. The predicted octanol–water partition coefficient (Wildman–Crippen LogP) is 6.80. The van der Waals surface area contributed by atoms with Crippen LogP contribution in [-0.2, 0) is 22.4 Å². The van der Waals surface area contributed by atoms with Crippen LogP contribution in [0.25, 0.3) is 0 Å². The Morgan fingerprint density at radius 1 is 0.686 bits per heavy atom. The third-order valence-corrected chi connectivity index (χ3v) is 9.04. The van der Waals surface area contributed by atoms with Crippen LogP contribution in [0, 0.1) is 0 Å². The number of rotatable bonds is 6. The molecule has 0 radical (unpaired) electrons. The maximum atomic E-state index is 6.75. The highest BCUT2D eigenvalue weighted by Crippen LogP contribution is 2.63. The van der Waals surface area contributed by atoms with Gasteiger partial charge in [0.1, 0.15) is 0 Å². The van der Waals surface area contributed by atoms with Gasteiger partial charge in [-0.2, -0.15) is 0 Å². The summed E-state index contributed by atoms with van der Waals surface area (Å²) >= 11 is 0. The van der Waals surface area contributed by atoms with E-state index in [-0.39, 0.29) is 18.3 Å². The van der Waals surface area contributed by atoms with Crippen molar-refractivity contribution >= 4 is 7.12 Å². The van der Waals surface area contributed by atoms with Crippen LogP contribution in [0.2, 0.25) is 5.82 Å². The Bertz CT molecular complexity index is 1120. The van der Waals surface area contributed by atoms with E-state index < -0.39 is 0 Å². The summed E-state index contributed by atoms with van der Waals surface area (Å²) in [5.74, 6) is 1.25. The monoisotopic (exact) mass is 465 g/mol. The molecule has 180 valence electrons. The molecule has 4 unspecified atom stereocenters. The normalized spacial score (nSPS) is 28.0. The summed E-state index contributed by atoms with van der Waals surface area (Å²) < 4.78 is 13.5. The molecule has 1 saturated carbocycles. The Morgan fingerprint density at radius 2 is 1.14 bits per heavy atom.